The number of rotatable bonds is 2. The van der Waals surface area contributed by atoms with Crippen LogP contribution in [0, 0.1) is 0 Å². The van der Waals surface area contributed by atoms with E-state index in [0.29, 0.717) is 0 Å². The number of thiazole rings is 1. The monoisotopic (exact) mass is 302 g/mol. The highest BCUT2D eigenvalue weighted by Crippen LogP contribution is 2.28. The van der Waals surface area contributed by atoms with Crippen LogP contribution >= 0.6 is 27.3 Å². The van der Waals surface area contributed by atoms with E-state index in [1.165, 1.54) is 13.1 Å². The molecule has 0 aliphatic carbocycles. The fourth-order valence-corrected chi connectivity index (χ4v) is 3.55. The van der Waals surface area contributed by atoms with Crippen LogP contribution in [-0.4, -0.2) is 55.2 Å². The molecule has 1 aromatic heterocycles. The fraction of sp³-hybridized carbons (Fsp3) is 0.700. The Kier molecular flexibility index (Phi) is 3.15. The Bertz CT molecular complexity index is 357. The lowest BCUT2D eigenvalue weighted by molar-refractivity contribution is 0.147. The van der Waals surface area contributed by atoms with E-state index in [1.54, 1.807) is 11.3 Å². The minimum absolute atomic E-state index is 0.741. The molecule has 4 nitrogen and oxygen atoms in total. The van der Waals surface area contributed by atoms with Gasteiger partial charge in [0.2, 0.25) is 0 Å². The number of nitrogens with zero attached hydrogens (tertiary/aromatic N) is 3. The van der Waals surface area contributed by atoms with Crippen molar-refractivity contribution in [2.75, 3.05) is 44.2 Å². The van der Waals surface area contributed by atoms with Gasteiger partial charge in [0.1, 0.15) is 4.60 Å². The van der Waals surface area contributed by atoms with Crippen molar-refractivity contribution < 1.29 is 0 Å². The Labute approximate surface area is 108 Å². The number of hydrogen-bond acceptors (Lipinski definition) is 5. The minimum Gasteiger partial charge on any atom is -0.345 e. The van der Waals surface area contributed by atoms with Crippen LogP contribution in [0.2, 0.25) is 0 Å². The first-order valence-electron chi connectivity index (χ1n) is 5.64. The number of aromatic nitrogens is 1. The summed E-state index contributed by atoms with van der Waals surface area (Å²) in [7, 11) is 0. The first kappa shape index (κ1) is 11.0. The molecular formula is C10H15BrN4S. The molecule has 88 valence electrons. The summed E-state index contributed by atoms with van der Waals surface area (Å²) in [6.07, 6.45) is 0. The first-order chi connectivity index (χ1) is 7.83. The zero-order valence-corrected chi connectivity index (χ0v) is 11.4. The molecule has 0 saturated carbocycles. The Morgan fingerprint density at radius 3 is 2.75 bits per heavy atom. The Balaban J connectivity index is 1.54. The SMILES string of the molecule is Brc1csc(N2CC(N3CCNCC3)C2)n1. The predicted molar refractivity (Wildman–Crippen MR) is 70.3 cm³/mol. The van der Waals surface area contributed by atoms with Gasteiger partial charge in [-0.1, -0.05) is 0 Å². The summed E-state index contributed by atoms with van der Waals surface area (Å²) in [4.78, 5) is 9.40. The Morgan fingerprint density at radius 2 is 2.12 bits per heavy atom. The van der Waals surface area contributed by atoms with Gasteiger partial charge < -0.3 is 10.2 Å². The van der Waals surface area contributed by atoms with E-state index in [-0.39, 0.29) is 0 Å². The summed E-state index contributed by atoms with van der Waals surface area (Å²) in [6.45, 7) is 6.94. The van der Waals surface area contributed by atoms with Crippen LogP contribution in [0.5, 0.6) is 0 Å². The summed E-state index contributed by atoms with van der Waals surface area (Å²) >= 11 is 5.12. The maximum absolute atomic E-state index is 4.44. The number of anilines is 1. The second-order valence-electron chi connectivity index (χ2n) is 4.30. The van der Waals surface area contributed by atoms with Crippen LogP contribution in [0.3, 0.4) is 0 Å². The van der Waals surface area contributed by atoms with Gasteiger partial charge in [-0.3, -0.25) is 4.90 Å². The predicted octanol–water partition coefficient (Wildman–Crippen LogP) is 0.999. The molecule has 2 aliphatic rings. The van der Waals surface area contributed by atoms with E-state index in [4.69, 9.17) is 0 Å². The molecule has 0 aromatic carbocycles. The van der Waals surface area contributed by atoms with Crippen LogP contribution in [0.15, 0.2) is 9.98 Å². The van der Waals surface area contributed by atoms with E-state index in [9.17, 15) is 0 Å². The van der Waals surface area contributed by atoms with Crippen molar-refractivity contribution in [3.05, 3.63) is 9.98 Å². The maximum Gasteiger partial charge on any atom is 0.186 e. The van der Waals surface area contributed by atoms with Gasteiger partial charge >= 0.3 is 0 Å². The quantitative estimate of drug-likeness (QED) is 0.883. The Morgan fingerprint density at radius 1 is 1.38 bits per heavy atom. The second-order valence-corrected chi connectivity index (χ2v) is 5.95. The smallest absolute Gasteiger partial charge is 0.186 e. The third kappa shape index (κ3) is 2.11. The minimum atomic E-state index is 0.741. The topological polar surface area (TPSA) is 31.4 Å². The van der Waals surface area contributed by atoms with E-state index < -0.39 is 0 Å². The molecule has 0 unspecified atom stereocenters. The summed E-state index contributed by atoms with van der Waals surface area (Å²) in [5.41, 5.74) is 0. The van der Waals surface area contributed by atoms with E-state index >= 15 is 0 Å². The molecule has 0 radical (unpaired) electrons. The van der Waals surface area contributed by atoms with Gasteiger partial charge in [-0.05, 0) is 15.9 Å². The zero-order chi connectivity index (χ0) is 11.0. The van der Waals surface area contributed by atoms with Crippen molar-refractivity contribution in [2.45, 2.75) is 6.04 Å². The van der Waals surface area contributed by atoms with E-state index in [1.807, 2.05) is 5.38 Å². The maximum atomic E-state index is 4.44. The molecular weight excluding hydrogens is 288 g/mol. The summed E-state index contributed by atoms with van der Waals surface area (Å²) in [6, 6.07) is 0.741. The van der Waals surface area contributed by atoms with Gasteiger partial charge in [-0.2, -0.15) is 0 Å². The van der Waals surface area contributed by atoms with E-state index in [0.717, 1.165) is 42.0 Å². The molecule has 1 aromatic rings. The van der Waals surface area contributed by atoms with Gasteiger partial charge in [0.05, 0.1) is 0 Å². The normalized spacial score (nSPS) is 23.4. The summed E-state index contributed by atoms with van der Waals surface area (Å²) < 4.78 is 0.957. The summed E-state index contributed by atoms with van der Waals surface area (Å²) in [5, 5.41) is 6.59. The van der Waals surface area contributed by atoms with Crippen LogP contribution in [0.1, 0.15) is 0 Å². The second kappa shape index (κ2) is 4.60. The average molecular weight is 303 g/mol. The molecule has 0 atom stereocenters. The van der Waals surface area contributed by atoms with Crippen LogP contribution in [0.4, 0.5) is 5.13 Å². The summed E-state index contributed by atoms with van der Waals surface area (Å²) in [5.74, 6) is 0. The van der Waals surface area contributed by atoms with Gasteiger partial charge in [-0.25, -0.2) is 4.98 Å². The molecule has 0 spiro atoms. The highest BCUT2D eigenvalue weighted by Gasteiger charge is 2.33. The fourth-order valence-electron chi connectivity index (χ4n) is 2.28. The molecule has 2 saturated heterocycles. The standard InChI is InChI=1S/C10H15BrN4S/c11-9-7-16-10(13-9)15-5-8(6-15)14-3-1-12-2-4-14/h7-8,12H,1-6H2. The number of piperazine rings is 1. The molecule has 3 rings (SSSR count). The molecule has 2 aliphatic heterocycles. The lowest BCUT2D eigenvalue weighted by atomic mass is 10.1. The van der Waals surface area contributed by atoms with Crippen LogP contribution in [-0.2, 0) is 0 Å². The van der Waals surface area contributed by atoms with Crippen molar-refractivity contribution in [1.29, 1.82) is 0 Å². The lowest BCUT2D eigenvalue weighted by Crippen LogP contribution is -2.62. The van der Waals surface area contributed by atoms with Crippen LogP contribution < -0.4 is 10.2 Å². The largest absolute Gasteiger partial charge is 0.345 e. The van der Waals surface area contributed by atoms with Gasteiger partial charge in [0.25, 0.3) is 0 Å². The third-order valence-electron chi connectivity index (χ3n) is 3.26. The number of halogens is 1. The van der Waals surface area contributed by atoms with Gasteiger partial charge in [0, 0.05) is 50.7 Å². The lowest BCUT2D eigenvalue weighted by Gasteiger charge is -2.46. The zero-order valence-electron chi connectivity index (χ0n) is 9.03. The molecule has 0 bridgehead atoms. The van der Waals surface area contributed by atoms with Crippen molar-refractivity contribution in [3.63, 3.8) is 0 Å². The molecule has 1 N–H and O–H groups in total. The third-order valence-corrected chi connectivity index (χ3v) is 4.88. The molecule has 0 amide bonds. The van der Waals surface area contributed by atoms with Crippen molar-refractivity contribution in [2.24, 2.45) is 0 Å². The van der Waals surface area contributed by atoms with Crippen molar-refractivity contribution in [1.82, 2.24) is 15.2 Å². The molecule has 3 heterocycles. The van der Waals surface area contributed by atoms with Crippen molar-refractivity contribution in [3.8, 4) is 0 Å². The highest BCUT2D eigenvalue weighted by atomic mass is 79.9. The Hall–Kier alpha value is -0.170. The first-order valence-corrected chi connectivity index (χ1v) is 7.31. The number of nitrogens with one attached hydrogen (secondary N) is 1. The number of hydrogen-bond donors (Lipinski definition) is 1. The van der Waals surface area contributed by atoms with E-state index in [2.05, 4.69) is 36.0 Å². The van der Waals surface area contributed by atoms with Gasteiger partial charge in [-0.15, -0.1) is 11.3 Å². The average Bonchev–Trinajstić information content (AvgIpc) is 2.64. The highest BCUT2D eigenvalue weighted by molar-refractivity contribution is 9.10. The van der Waals surface area contributed by atoms with Gasteiger partial charge in [0.15, 0.2) is 5.13 Å². The molecule has 2 fully saturated rings. The van der Waals surface area contributed by atoms with Crippen LogP contribution in [0.25, 0.3) is 0 Å². The molecule has 6 heteroatoms. The van der Waals surface area contributed by atoms with Crippen molar-refractivity contribution >= 4 is 32.4 Å². The molecule has 16 heavy (non-hydrogen) atoms.